The Morgan fingerprint density at radius 3 is 2.50 bits per heavy atom. The van der Waals surface area contributed by atoms with Crippen molar-refractivity contribution in [2.24, 2.45) is 0 Å². The summed E-state index contributed by atoms with van der Waals surface area (Å²) in [7, 11) is 0. The molecule has 4 radical (unpaired) electrons. The molecule has 0 unspecified atom stereocenters. The van der Waals surface area contributed by atoms with Crippen LogP contribution in [0.4, 0.5) is 0 Å². The molecule has 0 spiro atoms. The summed E-state index contributed by atoms with van der Waals surface area (Å²) in [6, 6.07) is 10.2. The lowest BCUT2D eigenvalue weighted by Gasteiger charge is -2.13. The van der Waals surface area contributed by atoms with Crippen molar-refractivity contribution < 1.29 is 4.79 Å². The summed E-state index contributed by atoms with van der Waals surface area (Å²) in [5.74, 6) is 2.46. The number of Topliss-reactive ketones (excluding diaryl/α,β-unsaturated/α-hetero) is 1. The van der Waals surface area contributed by atoms with Gasteiger partial charge in [0.2, 0.25) is 0 Å². The van der Waals surface area contributed by atoms with E-state index >= 15 is 0 Å². The van der Waals surface area contributed by atoms with Crippen LogP contribution in [-0.4, -0.2) is 5.78 Å². The van der Waals surface area contributed by atoms with Crippen LogP contribution in [0.15, 0.2) is 30.3 Å². The first-order valence-electron chi connectivity index (χ1n) is 5.73. The first-order valence-corrected chi connectivity index (χ1v) is 5.73. The zero-order valence-electron chi connectivity index (χ0n) is 9.57. The normalized spacial score (nSPS) is 17.2. The first-order chi connectivity index (χ1) is 7.75. The Bertz CT molecular complexity index is 342. The van der Waals surface area contributed by atoms with Gasteiger partial charge < -0.3 is 0 Å². The number of carbonyl (C=O) groups is 1. The highest BCUT2D eigenvalue weighted by Gasteiger charge is 2.27. The van der Waals surface area contributed by atoms with Gasteiger partial charge in [-0.25, -0.2) is 0 Å². The quantitative estimate of drug-likeness (QED) is 0.748. The molecule has 0 atom stereocenters. The third-order valence-corrected chi connectivity index (χ3v) is 2.80. The minimum absolute atomic E-state index is 0.320. The van der Waals surface area contributed by atoms with Gasteiger partial charge in [0.1, 0.15) is 5.78 Å². The van der Waals surface area contributed by atoms with E-state index in [0.717, 1.165) is 31.1 Å². The van der Waals surface area contributed by atoms with Gasteiger partial charge in [-0.05, 0) is 37.2 Å². The van der Waals surface area contributed by atoms with Crippen molar-refractivity contribution in [2.45, 2.75) is 26.2 Å². The molecule has 16 heavy (non-hydrogen) atoms. The van der Waals surface area contributed by atoms with Gasteiger partial charge in [0.15, 0.2) is 0 Å². The van der Waals surface area contributed by atoms with Crippen LogP contribution in [0.3, 0.4) is 0 Å². The average Bonchev–Trinajstić information content (AvgIpc) is 2.66. The molecular formula is C15H16O. The van der Waals surface area contributed by atoms with Crippen molar-refractivity contribution in [3.63, 3.8) is 0 Å². The number of hydrogen-bond acceptors (Lipinski definition) is 1. The first kappa shape index (κ1) is 11.4. The van der Waals surface area contributed by atoms with Gasteiger partial charge in [0.25, 0.3) is 0 Å². The second-order valence-electron chi connectivity index (χ2n) is 4.25. The van der Waals surface area contributed by atoms with Gasteiger partial charge in [-0.2, -0.15) is 0 Å². The predicted molar refractivity (Wildman–Crippen MR) is 65.2 cm³/mol. The highest BCUT2D eigenvalue weighted by Crippen LogP contribution is 2.31. The van der Waals surface area contributed by atoms with Gasteiger partial charge >= 0.3 is 0 Å². The van der Waals surface area contributed by atoms with Crippen LogP contribution in [0.5, 0.6) is 0 Å². The summed E-state index contributed by atoms with van der Waals surface area (Å²) in [6.07, 6.45) is 6.83. The van der Waals surface area contributed by atoms with Gasteiger partial charge in [0, 0.05) is 12.3 Å². The molecule has 0 amide bonds. The lowest BCUT2D eigenvalue weighted by Crippen LogP contribution is -2.09. The summed E-state index contributed by atoms with van der Waals surface area (Å²) in [4.78, 5) is 11.5. The minimum Gasteiger partial charge on any atom is -0.299 e. The second-order valence-corrected chi connectivity index (χ2v) is 4.25. The third-order valence-electron chi connectivity index (χ3n) is 2.80. The highest BCUT2D eigenvalue weighted by atomic mass is 16.1. The summed E-state index contributed by atoms with van der Waals surface area (Å²) < 4.78 is 0. The molecule has 1 nitrogen and oxygen atoms in total. The van der Waals surface area contributed by atoms with E-state index in [4.69, 9.17) is 0 Å². The fourth-order valence-corrected chi connectivity index (χ4v) is 2.02. The lowest BCUT2D eigenvalue weighted by molar-refractivity contribution is -0.115. The van der Waals surface area contributed by atoms with Crippen LogP contribution >= 0.6 is 0 Å². The number of benzene rings is 1. The second kappa shape index (κ2) is 5.29. The van der Waals surface area contributed by atoms with Crippen molar-refractivity contribution in [2.75, 3.05) is 0 Å². The maximum absolute atomic E-state index is 11.5. The highest BCUT2D eigenvalue weighted by molar-refractivity contribution is 5.96. The number of hydrogen-bond donors (Lipinski definition) is 0. The zero-order chi connectivity index (χ0) is 11.4. The molecular weight excluding hydrogens is 196 g/mol. The van der Waals surface area contributed by atoms with E-state index in [2.05, 4.69) is 18.6 Å². The van der Waals surface area contributed by atoms with Crippen LogP contribution in [0.25, 0.3) is 0 Å². The van der Waals surface area contributed by atoms with Gasteiger partial charge in [0.05, 0.1) is 0 Å². The van der Waals surface area contributed by atoms with Crippen molar-refractivity contribution in [3.05, 3.63) is 60.6 Å². The molecule has 0 aliphatic heterocycles. The van der Waals surface area contributed by atoms with Gasteiger partial charge in [-0.3, -0.25) is 4.79 Å². The molecule has 0 saturated heterocycles. The molecule has 0 bridgehead atoms. The van der Waals surface area contributed by atoms with Crippen molar-refractivity contribution in [1.82, 2.24) is 0 Å². The predicted octanol–water partition coefficient (Wildman–Crippen LogP) is 3.37. The summed E-state index contributed by atoms with van der Waals surface area (Å²) in [5, 5.41) is 0. The Kier molecular flexibility index (Phi) is 3.76. The van der Waals surface area contributed by atoms with E-state index in [1.807, 2.05) is 31.5 Å². The van der Waals surface area contributed by atoms with Gasteiger partial charge in [-0.15, -0.1) is 0 Å². The molecule has 1 aliphatic rings. The molecule has 0 aromatic heterocycles. The van der Waals surface area contributed by atoms with Crippen molar-refractivity contribution in [3.8, 4) is 0 Å². The van der Waals surface area contributed by atoms with E-state index in [1.165, 1.54) is 5.56 Å². The Balaban J connectivity index is 1.84. The summed E-state index contributed by atoms with van der Waals surface area (Å²) >= 11 is 0. The molecule has 1 aromatic rings. The molecule has 1 heteroatoms. The standard InChI is InChI=1S/C15H16O/c1-12(10-13-6-3-2-4-7-13)11-14-8-5-9-15(14)16/h2-4,6-7,10-11H,5,8-9H2,1H3. The van der Waals surface area contributed by atoms with Crippen LogP contribution in [-0.2, 0) is 4.79 Å². The number of carbonyl (C=O) groups excluding carboxylic acids is 1. The molecule has 1 saturated carbocycles. The zero-order valence-corrected chi connectivity index (χ0v) is 9.57. The monoisotopic (exact) mass is 212 g/mol. The maximum Gasteiger partial charge on any atom is 0.140 e. The van der Waals surface area contributed by atoms with Gasteiger partial charge in [-0.1, -0.05) is 37.3 Å². The Labute approximate surface area is 97.9 Å². The Hall–Kier alpha value is -1.11. The summed E-state index contributed by atoms with van der Waals surface area (Å²) in [5.41, 5.74) is 1.18. The van der Waals surface area contributed by atoms with Crippen LogP contribution in [0, 0.1) is 24.7 Å². The van der Waals surface area contributed by atoms with E-state index in [1.54, 1.807) is 0 Å². The molecule has 82 valence electrons. The maximum atomic E-state index is 11.5. The van der Waals surface area contributed by atoms with Crippen LogP contribution < -0.4 is 0 Å². The number of rotatable bonds is 4. The van der Waals surface area contributed by atoms with Crippen molar-refractivity contribution >= 4 is 5.78 Å². The molecule has 1 aliphatic carbocycles. The Morgan fingerprint density at radius 2 is 1.88 bits per heavy atom. The minimum atomic E-state index is 0.320. The van der Waals surface area contributed by atoms with E-state index in [0.29, 0.717) is 5.78 Å². The summed E-state index contributed by atoms with van der Waals surface area (Å²) in [6.45, 7) is 2.05. The van der Waals surface area contributed by atoms with E-state index in [-0.39, 0.29) is 0 Å². The largest absolute Gasteiger partial charge is 0.299 e. The molecule has 0 N–H and O–H groups in total. The fourth-order valence-electron chi connectivity index (χ4n) is 2.02. The van der Waals surface area contributed by atoms with E-state index in [9.17, 15) is 4.79 Å². The number of ketones is 1. The van der Waals surface area contributed by atoms with Crippen LogP contribution in [0.2, 0.25) is 0 Å². The fraction of sp³-hybridized carbons (Fsp3) is 0.267. The molecule has 0 heterocycles. The Morgan fingerprint density at radius 1 is 1.12 bits per heavy atom. The topological polar surface area (TPSA) is 17.1 Å². The molecule has 2 rings (SSSR count). The molecule has 1 fully saturated rings. The van der Waals surface area contributed by atoms with E-state index < -0.39 is 0 Å². The SMILES string of the molecule is C[C]([CH][C]1CCCC1=O)[CH]c1ccccc1. The molecule has 1 aromatic carbocycles. The average molecular weight is 212 g/mol. The van der Waals surface area contributed by atoms with Crippen molar-refractivity contribution in [1.29, 1.82) is 0 Å². The third kappa shape index (κ3) is 2.94. The van der Waals surface area contributed by atoms with Crippen LogP contribution in [0.1, 0.15) is 31.7 Å². The smallest absolute Gasteiger partial charge is 0.140 e. The lowest BCUT2D eigenvalue weighted by atomic mass is 9.89.